The minimum absolute atomic E-state index is 0.0784. The third-order valence-corrected chi connectivity index (χ3v) is 6.49. The number of aromatic nitrogens is 1. The average Bonchev–Trinajstić information content (AvgIpc) is 3.17. The van der Waals surface area contributed by atoms with Gasteiger partial charge >= 0.3 is 0 Å². The van der Waals surface area contributed by atoms with E-state index in [0.29, 0.717) is 31.7 Å². The van der Waals surface area contributed by atoms with Crippen molar-refractivity contribution in [3.63, 3.8) is 0 Å². The molecular weight excluding hydrogens is 430 g/mol. The zero-order valence-electron chi connectivity index (χ0n) is 20.3. The van der Waals surface area contributed by atoms with Crippen LogP contribution < -0.4 is 5.32 Å². The first kappa shape index (κ1) is 24.0. The number of fused-ring (bicyclic) bond motifs is 2. The summed E-state index contributed by atoms with van der Waals surface area (Å²) in [6.45, 7) is 5.35. The number of nitrogens with zero attached hydrogens (tertiary/aromatic N) is 2. The van der Waals surface area contributed by atoms with Crippen LogP contribution in [0.2, 0.25) is 0 Å². The fraction of sp³-hybridized carbons (Fsp3) is 0.407. The Morgan fingerprint density at radius 1 is 1.00 bits per heavy atom. The van der Waals surface area contributed by atoms with Gasteiger partial charge in [-0.25, -0.2) is 0 Å². The molecule has 2 heterocycles. The van der Waals surface area contributed by atoms with Crippen molar-refractivity contribution in [2.75, 3.05) is 26.8 Å². The zero-order valence-corrected chi connectivity index (χ0v) is 20.3. The molecular formula is C27H33N3O4. The van der Waals surface area contributed by atoms with E-state index >= 15 is 0 Å². The normalized spacial score (nSPS) is 17.9. The summed E-state index contributed by atoms with van der Waals surface area (Å²) in [7, 11) is 3.77. The van der Waals surface area contributed by atoms with Crippen LogP contribution in [0, 0.1) is 0 Å². The topological polar surface area (TPSA) is 72.8 Å². The molecule has 0 spiro atoms. The highest BCUT2D eigenvalue weighted by Crippen LogP contribution is 2.44. The van der Waals surface area contributed by atoms with Crippen LogP contribution >= 0.6 is 0 Å². The van der Waals surface area contributed by atoms with E-state index in [4.69, 9.17) is 9.47 Å². The van der Waals surface area contributed by atoms with Gasteiger partial charge in [0.2, 0.25) is 5.91 Å². The highest BCUT2D eigenvalue weighted by molar-refractivity contribution is 6.02. The molecule has 1 aliphatic rings. The molecule has 2 amide bonds. The maximum absolute atomic E-state index is 13.7. The van der Waals surface area contributed by atoms with Crippen LogP contribution in [0.5, 0.6) is 0 Å². The van der Waals surface area contributed by atoms with E-state index in [1.807, 2.05) is 74.1 Å². The Labute approximate surface area is 200 Å². The van der Waals surface area contributed by atoms with Crippen molar-refractivity contribution in [1.29, 1.82) is 0 Å². The Bertz CT molecular complexity index is 1170. The molecule has 0 saturated carbocycles. The summed E-state index contributed by atoms with van der Waals surface area (Å²) in [6, 6.07) is 15.1. The van der Waals surface area contributed by atoms with Gasteiger partial charge in [-0.2, -0.15) is 0 Å². The molecule has 1 N–H and O–H groups in total. The van der Waals surface area contributed by atoms with Gasteiger partial charge in [0.25, 0.3) is 5.91 Å². The quantitative estimate of drug-likeness (QED) is 0.487. The van der Waals surface area contributed by atoms with Gasteiger partial charge in [-0.05, 0) is 31.5 Å². The molecule has 34 heavy (non-hydrogen) atoms. The van der Waals surface area contributed by atoms with Crippen molar-refractivity contribution in [3.05, 3.63) is 71.4 Å². The van der Waals surface area contributed by atoms with E-state index in [-0.39, 0.29) is 18.1 Å². The van der Waals surface area contributed by atoms with Crippen LogP contribution in [-0.2, 0) is 21.3 Å². The second-order valence-corrected chi connectivity index (χ2v) is 8.56. The van der Waals surface area contributed by atoms with Crippen LogP contribution in [0.25, 0.3) is 10.9 Å². The molecule has 3 aromatic rings. The standard InChI is InChI=1S/C27H33N3O4/c1-5-33-23(34-6-2)15-16-28-26(31)24-19-12-7-8-13-20(19)27(32)30(4)25(24)21-17-29(3)22-14-10-9-11-18(21)22/h7-14,17,23-25H,5-6,15-16H2,1-4H3,(H,28,31)/t24-,25+/m0/s1. The predicted octanol–water partition coefficient (Wildman–Crippen LogP) is 3.99. The van der Waals surface area contributed by atoms with Gasteiger partial charge in [0.05, 0.1) is 12.0 Å². The number of aryl methyl sites for hydroxylation is 1. The number of benzene rings is 2. The van der Waals surface area contributed by atoms with Crippen LogP contribution in [0.1, 0.15) is 53.7 Å². The number of nitrogens with one attached hydrogen (secondary N) is 1. The number of amides is 2. The highest BCUT2D eigenvalue weighted by Gasteiger charge is 2.43. The van der Waals surface area contributed by atoms with Crippen LogP contribution in [0.3, 0.4) is 0 Å². The molecule has 0 radical (unpaired) electrons. The largest absolute Gasteiger partial charge is 0.355 e. The number of likely N-dealkylation sites (N-methyl/N-ethyl adjacent to an activating group) is 1. The van der Waals surface area contributed by atoms with Crippen LogP contribution in [0.4, 0.5) is 0 Å². The van der Waals surface area contributed by atoms with Gasteiger partial charge in [-0.15, -0.1) is 0 Å². The van der Waals surface area contributed by atoms with Crippen molar-refractivity contribution in [2.45, 2.75) is 38.5 Å². The summed E-state index contributed by atoms with van der Waals surface area (Å²) in [5, 5.41) is 4.13. The number of hydrogen-bond donors (Lipinski definition) is 1. The minimum atomic E-state index is -0.539. The monoisotopic (exact) mass is 463 g/mol. The van der Waals surface area contributed by atoms with Crippen molar-refractivity contribution in [3.8, 4) is 0 Å². The Hall–Kier alpha value is -3.16. The molecule has 2 aromatic carbocycles. The number of carbonyl (C=O) groups is 2. The molecule has 0 saturated heterocycles. The van der Waals surface area contributed by atoms with E-state index in [0.717, 1.165) is 22.0 Å². The fourth-order valence-electron chi connectivity index (χ4n) is 4.96. The molecule has 7 heteroatoms. The lowest BCUT2D eigenvalue weighted by molar-refractivity contribution is -0.140. The minimum Gasteiger partial charge on any atom is -0.355 e. The highest BCUT2D eigenvalue weighted by atomic mass is 16.7. The maximum Gasteiger partial charge on any atom is 0.254 e. The lowest BCUT2D eigenvalue weighted by Gasteiger charge is -2.39. The molecule has 1 aromatic heterocycles. The second kappa shape index (κ2) is 10.4. The Kier molecular flexibility index (Phi) is 7.34. The summed E-state index contributed by atoms with van der Waals surface area (Å²) in [6.07, 6.45) is 2.23. The van der Waals surface area contributed by atoms with Gasteiger partial charge < -0.3 is 24.3 Å². The molecule has 0 fully saturated rings. The van der Waals surface area contributed by atoms with Gasteiger partial charge in [-0.3, -0.25) is 9.59 Å². The second-order valence-electron chi connectivity index (χ2n) is 8.56. The number of ether oxygens (including phenoxy) is 2. The summed E-state index contributed by atoms with van der Waals surface area (Å²) < 4.78 is 13.3. The van der Waals surface area contributed by atoms with E-state index in [9.17, 15) is 9.59 Å². The van der Waals surface area contributed by atoms with Gasteiger partial charge in [-0.1, -0.05) is 36.4 Å². The molecule has 7 nitrogen and oxygen atoms in total. The Morgan fingerprint density at radius 3 is 2.41 bits per heavy atom. The lowest BCUT2D eigenvalue weighted by Crippen LogP contribution is -2.46. The lowest BCUT2D eigenvalue weighted by atomic mass is 9.79. The van der Waals surface area contributed by atoms with Crippen LogP contribution in [0.15, 0.2) is 54.7 Å². The van der Waals surface area contributed by atoms with Crippen molar-refractivity contribution < 1.29 is 19.1 Å². The maximum atomic E-state index is 13.7. The van der Waals surface area contributed by atoms with Gasteiger partial charge in [0.15, 0.2) is 6.29 Å². The van der Waals surface area contributed by atoms with Gasteiger partial charge in [0.1, 0.15) is 0 Å². The number of carbonyl (C=O) groups excluding carboxylic acids is 2. The summed E-state index contributed by atoms with van der Waals surface area (Å²) in [4.78, 5) is 28.7. The molecule has 180 valence electrons. The Balaban J connectivity index is 1.70. The van der Waals surface area contributed by atoms with Gasteiger partial charge in [0, 0.05) is 68.5 Å². The van der Waals surface area contributed by atoms with E-state index in [1.165, 1.54) is 0 Å². The smallest absolute Gasteiger partial charge is 0.254 e. The molecule has 1 aliphatic heterocycles. The third kappa shape index (κ3) is 4.45. The molecule has 0 aliphatic carbocycles. The number of para-hydroxylation sites is 1. The molecule has 0 bridgehead atoms. The SMILES string of the molecule is CCOC(CCNC(=O)[C@H]1c2ccccc2C(=O)N(C)[C@@H]1c1cn(C)c2ccccc12)OCC. The fourth-order valence-corrected chi connectivity index (χ4v) is 4.96. The predicted molar refractivity (Wildman–Crippen MR) is 132 cm³/mol. The number of hydrogen-bond acceptors (Lipinski definition) is 4. The third-order valence-electron chi connectivity index (χ3n) is 6.49. The molecule has 2 atom stereocenters. The number of rotatable bonds is 9. The Morgan fingerprint density at radius 2 is 1.68 bits per heavy atom. The summed E-state index contributed by atoms with van der Waals surface area (Å²) >= 11 is 0. The summed E-state index contributed by atoms with van der Waals surface area (Å²) in [5.74, 6) is -0.732. The average molecular weight is 464 g/mol. The van der Waals surface area contributed by atoms with E-state index in [1.54, 1.807) is 18.0 Å². The van der Waals surface area contributed by atoms with Crippen molar-refractivity contribution in [1.82, 2.24) is 14.8 Å². The van der Waals surface area contributed by atoms with E-state index in [2.05, 4.69) is 5.32 Å². The first-order valence-electron chi connectivity index (χ1n) is 11.9. The summed E-state index contributed by atoms with van der Waals surface area (Å²) in [5.41, 5.74) is 3.35. The van der Waals surface area contributed by atoms with E-state index < -0.39 is 12.0 Å². The molecule has 4 rings (SSSR count). The first-order chi connectivity index (χ1) is 16.5. The first-order valence-corrected chi connectivity index (χ1v) is 11.9. The van der Waals surface area contributed by atoms with Crippen molar-refractivity contribution >= 4 is 22.7 Å². The van der Waals surface area contributed by atoms with Crippen LogP contribution in [-0.4, -0.2) is 54.4 Å². The molecule has 0 unspecified atom stereocenters. The van der Waals surface area contributed by atoms with Crippen molar-refractivity contribution in [2.24, 2.45) is 7.05 Å². The zero-order chi connectivity index (χ0) is 24.2.